The first-order valence-electron chi connectivity index (χ1n) is 9.33. The topological polar surface area (TPSA) is 99.8 Å². The van der Waals surface area contributed by atoms with Crippen LogP contribution in [0.2, 0.25) is 0 Å². The number of fused-ring (bicyclic) bond motifs is 1. The second kappa shape index (κ2) is 7.68. The second-order valence-corrected chi connectivity index (χ2v) is 8.66. The van der Waals surface area contributed by atoms with Crippen LogP contribution < -0.4 is 0 Å². The molecule has 4 rings (SSSR count). The number of hydrogen-bond donors (Lipinski definition) is 0. The molecule has 2 aliphatic rings. The number of benzene rings is 2. The number of hydrogen-bond acceptors (Lipinski definition) is 6. The number of carbonyl (C=O) groups excluding carboxylic acids is 1. The van der Waals surface area contributed by atoms with E-state index in [0.29, 0.717) is 36.5 Å². The number of nitrogens with zero attached hydrogens (tertiary/aromatic N) is 3. The van der Waals surface area contributed by atoms with Crippen molar-refractivity contribution in [2.75, 3.05) is 13.1 Å². The fourth-order valence-electron chi connectivity index (χ4n) is 3.63. The van der Waals surface area contributed by atoms with Gasteiger partial charge in [0.05, 0.1) is 17.6 Å². The minimum absolute atomic E-state index is 0.138. The van der Waals surface area contributed by atoms with Crippen molar-refractivity contribution in [2.45, 2.75) is 24.3 Å². The summed E-state index contributed by atoms with van der Waals surface area (Å²) in [7, 11) is -3.69. The Balaban J connectivity index is 1.43. The molecule has 2 aromatic carbocycles. The summed E-state index contributed by atoms with van der Waals surface area (Å²) in [6.45, 7) is 1.15. The zero-order valence-electron chi connectivity index (χ0n) is 15.6. The van der Waals surface area contributed by atoms with E-state index in [9.17, 15) is 13.2 Å². The summed E-state index contributed by atoms with van der Waals surface area (Å²) in [5.74, 6) is -0.251. The van der Waals surface area contributed by atoms with E-state index in [2.05, 4.69) is 4.40 Å². The third-order valence-electron chi connectivity index (χ3n) is 5.13. The van der Waals surface area contributed by atoms with Crippen LogP contribution in [0.15, 0.2) is 57.8 Å². The molecule has 29 heavy (non-hydrogen) atoms. The number of piperidine rings is 1. The van der Waals surface area contributed by atoms with Gasteiger partial charge in [0.2, 0.25) is 0 Å². The van der Waals surface area contributed by atoms with Crippen LogP contribution in [0.25, 0.3) is 0 Å². The zero-order chi connectivity index (χ0) is 20.4. The monoisotopic (exact) mass is 409 g/mol. The summed E-state index contributed by atoms with van der Waals surface area (Å²) in [6.07, 6.45) is 1.43. The maximum absolute atomic E-state index is 12.6. The van der Waals surface area contributed by atoms with E-state index in [1.54, 1.807) is 48.5 Å². The maximum atomic E-state index is 12.6. The number of sulfonamides is 1. The third-order valence-corrected chi connectivity index (χ3v) is 6.46. The first kappa shape index (κ1) is 19.2. The third kappa shape index (κ3) is 3.87. The number of rotatable bonds is 3. The van der Waals surface area contributed by atoms with Crippen LogP contribution in [0, 0.1) is 17.2 Å². The molecule has 0 radical (unpaired) electrons. The molecule has 0 saturated carbocycles. The molecule has 8 heteroatoms. The zero-order valence-corrected chi connectivity index (χ0v) is 16.4. The SMILES string of the molecule is N#Cc1ccc(COC(=O)[C@H]2CCCN(C3=NS(=O)(=O)c4ccccc43)C2)cc1. The molecule has 0 unspecified atom stereocenters. The standard InChI is InChI=1S/C21H19N3O4S/c22-12-15-7-9-16(10-8-15)14-28-21(25)17-4-3-11-24(13-17)20-18-5-1-2-6-19(18)29(26,27)23-20/h1-2,5-10,17H,3-4,11,13-14H2/t17-/m0/s1. The molecular weight excluding hydrogens is 390 g/mol. The van der Waals surface area contributed by atoms with Gasteiger partial charge in [-0.05, 0) is 42.7 Å². The van der Waals surface area contributed by atoms with E-state index in [-0.39, 0.29) is 23.4 Å². The molecule has 7 nitrogen and oxygen atoms in total. The van der Waals surface area contributed by atoms with Gasteiger partial charge in [0.1, 0.15) is 11.5 Å². The molecule has 0 aliphatic carbocycles. The van der Waals surface area contributed by atoms with Gasteiger partial charge in [-0.3, -0.25) is 4.79 Å². The number of nitriles is 1. The van der Waals surface area contributed by atoms with Crippen molar-refractivity contribution in [3.63, 3.8) is 0 Å². The highest BCUT2D eigenvalue weighted by Gasteiger charge is 2.35. The first-order valence-corrected chi connectivity index (χ1v) is 10.8. The van der Waals surface area contributed by atoms with E-state index < -0.39 is 10.0 Å². The molecule has 0 aromatic heterocycles. The van der Waals surface area contributed by atoms with Crippen molar-refractivity contribution in [2.24, 2.45) is 10.3 Å². The summed E-state index contributed by atoms with van der Waals surface area (Å²) in [4.78, 5) is 14.6. The first-order chi connectivity index (χ1) is 14.0. The van der Waals surface area contributed by atoms with E-state index in [4.69, 9.17) is 10.00 Å². The number of amidine groups is 1. The largest absolute Gasteiger partial charge is 0.461 e. The average molecular weight is 409 g/mol. The molecule has 1 fully saturated rings. The van der Waals surface area contributed by atoms with Crippen molar-refractivity contribution in [3.8, 4) is 6.07 Å². The molecule has 148 valence electrons. The highest BCUT2D eigenvalue weighted by molar-refractivity contribution is 7.90. The summed E-state index contributed by atoms with van der Waals surface area (Å²) in [5.41, 5.74) is 1.94. The number of carbonyl (C=O) groups is 1. The Kier molecular flexibility index (Phi) is 5.07. The number of esters is 1. The van der Waals surface area contributed by atoms with E-state index >= 15 is 0 Å². The normalized spacial score (nSPS) is 19.8. The lowest BCUT2D eigenvalue weighted by Crippen LogP contribution is -2.42. The molecule has 1 atom stereocenters. The van der Waals surface area contributed by atoms with Gasteiger partial charge in [-0.25, -0.2) is 0 Å². The Bertz CT molecular complexity index is 1120. The Morgan fingerprint density at radius 1 is 1.21 bits per heavy atom. The molecular formula is C21H19N3O4S. The Hall–Kier alpha value is -3.18. The van der Waals surface area contributed by atoms with Gasteiger partial charge in [0.25, 0.3) is 10.0 Å². The molecule has 2 heterocycles. The van der Waals surface area contributed by atoms with Crippen LogP contribution >= 0.6 is 0 Å². The molecule has 0 bridgehead atoms. The minimum atomic E-state index is -3.69. The van der Waals surface area contributed by atoms with Gasteiger partial charge >= 0.3 is 5.97 Å². The van der Waals surface area contributed by atoms with Gasteiger partial charge < -0.3 is 9.64 Å². The Morgan fingerprint density at radius 3 is 2.72 bits per heavy atom. The fraction of sp³-hybridized carbons (Fsp3) is 0.286. The predicted octanol–water partition coefficient (Wildman–Crippen LogP) is 2.46. The molecule has 2 aliphatic heterocycles. The van der Waals surface area contributed by atoms with Crippen LogP contribution in [0.3, 0.4) is 0 Å². The van der Waals surface area contributed by atoms with Gasteiger partial charge in [0.15, 0.2) is 5.84 Å². The molecule has 0 amide bonds. The molecule has 0 N–H and O–H groups in total. The lowest BCUT2D eigenvalue weighted by atomic mass is 9.97. The lowest BCUT2D eigenvalue weighted by molar-refractivity contribution is -0.151. The molecule has 1 saturated heterocycles. The number of likely N-dealkylation sites (tertiary alicyclic amines) is 1. The summed E-state index contributed by atoms with van der Waals surface area (Å²) >= 11 is 0. The highest BCUT2D eigenvalue weighted by atomic mass is 32.2. The van der Waals surface area contributed by atoms with Crippen LogP contribution in [-0.2, 0) is 26.2 Å². The predicted molar refractivity (Wildman–Crippen MR) is 105 cm³/mol. The van der Waals surface area contributed by atoms with Gasteiger partial charge in [-0.1, -0.05) is 24.3 Å². The second-order valence-electron chi connectivity index (χ2n) is 7.09. The summed E-state index contributed by atoms with van der Waals surface area (Å²) in [5, 5.41) is 8.84. The van der Waals surface area contributed by atoms with Gasteiger partial charge in [-0.15, -0.1) is 4.40 Å². The van der Waals surface area contributed by atoms with E-state index in [1.165, 1.54) is 0 Å². The van der Waals surface area contributed by atoms with Gasteiger partial charge in [-0.2, -0.15) is 13.7 Å². The fourth-order valence-corrected chi connectivity index (χ4v) is 4.85. The van der Waals surface area contributed by atoms with Crippen LogP contribution in [-0.4, -0.2) is 38.2 Å². The smallest absolute Gasteiger partial charge is 0.311 e. The van der Waals surface area contributed by atoms with Crippen LogP contribution in [0.1, 0.15) is 29.5 Å². The van der Waals surface area contributed by atoms with Crippen LogP contribution in [0.5, 0.6) is 0 Å². The lowest BCUT2D eigenvalue weighted by Gasteiger charge is -2.32. The molecule has 0 spiro atoms. The molecule has 2 aromatic rings. The van der Waals surface area contributed by atoms with Crippen molar-refractivity contribution in [3.05, 3.63) is 65.2 Å². The quantitative estimate of drug-likeness (QED) is 0.722. The maximum Gasteiger partial charge on any atom is 0.311 e. The van der Waals surface area contributed by atoms with Crippen molar-refractivity contribution >= 4 is 21.8 Å². The average Bonchev–Trinajstić information content (AvgIpc) is 3.04. The van der Waals surface area contributed by atoms with Gasteiger partial charge in [0, 0.05) is 18.7 Å². The minimum Gasteiger partial charge on any atom is -0.461 e. The summed E-state index contributed by atoms with van der Waals surface area (Å²) in [6, 6.07) is 15.7. The van der Waals surface area contributed by atoms with Crippen molar-refractivity contribution in [1.29, 1.82) is 5.26 Å². The summed E-state index contributed by atoms with van der Waals surface area (Å²) < 4.78 is 34.0. The van der Waals surface area contributed by atoms with Crippen LogP contribution in [0.4, 0.5) is 0 Å². The van der Waals surface area contributed by atoms with Crippen molar-refractivity contribution < 1.29 is 17.9 Å². The Morgan fingerprint density at radius 2 is 1.97 bits per heavy atom. The van der Waals surface area contributed by atoms with Crippen molar-refractivity contribution in [1.82, 2.24) is 4.90 Å². The Labute approximate surface area is 169 Å². The van der Waals surface area contributed by atoms with E-state index in [1.807, 2.05) is 11.0 Å². The number of ether oxygens (including phenoxy) is 1. The van der Waals surface area contributed by atoms with E-state index in [0.717, 1.165) is 12.0 Å². The highest BCUT2D eigenvalue weighted by Crippen LogP contribution is 2.30.